The van der Waals surface area contributed by atoms with Gasteiger partial charge in [-0.2, -0.15) is 0 Å². The van der Waals surface area contributed by atoms with Gasteiger partial charge in [0.1, 0.15) is 0 Å². The lowest BCUT2D eigenvalue weighted by molar-refractivity contribution is -0.126. The zero-order chi connectivity index (χ0) is 9.97. The normalized spacial score (nSPS) is 34.8. The van der Waals surface area contributed by atoms with Crippen molar-refractivity contribution in [2.24, 2.45) is 17.8 Å². The third-order valence-corrected chi connectivity index (χ3v) is 3.75. The highest BCUT2D eigenvalue weighted by atomic mass is 16.1. The van der Waals surface area contributed by atoms with E-state index < -0.39 is 0 Å². The molecular formula is C11H20N2O. The number of carbonyl (C=O) groups excluding carboxylic acids is 1. The van der Waals surface area contributed by atoms with Gasteiger partial charge in [-0.1, -0.05) is 6.42 Å². The number of nitrogens with one attached hydrogen (secondary N) is 2. The summed E-state index contributed by atoms with van der Waals surface area (Å²) in [5, 5.41) is 6.04. The number of fused-ring (bicyclic) bond motifs is 2. The fraction of sp³-hybridized carbons (Fsp3) is 0.909. The number of likely N-dealkylation sites (N-methyl/N-ethyl adjacent to an activating group) is 1. The molecule has 0 aromatic heterocycles. The van der Waals surface area contributed by atoms with E-state index in [0.717, 1.165) is 25.4 Å². The molecular weight excluding hydrogens is 176 g/mol. The molecule has 0 spiro atoms. The fourth-order valence-corrected chi connectivity index (χ4v) is 3.01. The van der Waals surface area contributed by atoms with Crippen molar-refractivity contribution in [1.82, 2.24) is 10.6 Å². The average molecular weight is 196 g/mol. The minimum atomic E-state index is 0.299. The molecule has 0 radical (unpaired) electrons. The van der Waals surface area contributed by atoms with Crippen LogP contribution in [0.25, 0.3) is 0 Å². The number of carbonyl (C=O) groups is 1. The van der Waals surface area contributed by atoms with Crippen LogP contribution in [0.3, 0.4) is 0 Å². The van der Waals surface area contributed by atoms with Crippen molar-refractivity contribution in [2.45, 2.75) is 25.7 Å². The molecule has 3 heteroatoms. The molecule has 2 N–H and O–H groups in total. The van der Waals surface area contributed by atoms with E-state index >= 15 is 0 Å². The Hall–Kier alpha value is -0.570. The summed E-state index contributed by atoms with van der Waals surface area (Å²) in [6.07, 6.45) is 5.11. The lowest BCUT2D eigenvalue weighted by Crippen LogP contribution is -2.37. The van der Waals surface area contributed by atoms with Gasteiger partial charge in [-0.25, -0.2) is 0 Å². The zero-order valence-corrected chi connectivity index (χ0v) is 8.88. The van der Waals surface area contributed by atoms with Gasteiger partial charge in [0.15, 0.2) is 0 Å². The van der Waals surface area contributed by atoms with Crippen LogP contribution in [-0.4, -0.2) is 26.0 Å². The summed E-state index contributed by atoms with van der Waals surface area (Å²) in [7, 11) is 1.91. The summed E-state index contributed by atoms with van der Waals surface area (Å²) in [6, 6.07) is 0. The van der Waals surface area contributed by atoms with Crippen molar-refractivity contribution in [3.8, 4) is 0 Å². The SMILES string of the molecule is CNCCNC(=O)C1CC2CCC1C2. The molecule has 2 saturated carbocycles. The molecule has 0 aromatic rings. The molecule has 0 aromatic carbocycles. The van der Waals surface area contributed by atoms with E-state index in [4.69, 9.17) is 0 Å². The Balaban J connectivity index is 1.75. The summed E-state index contributed by atoms with van der Waals surface area (Å²) in [6.45, 7) is 1.63. The highest BCUT2D eigenvalue weighted by Crippen LogP contribution is 2.48. The first-order valence-electron chi connectivity index (χ1n) is 5.73. The maximum absolute atomic E-state index is 11.8. The van der Waals surface area contributed by atoms with E-state index in [1.54, 1.807) is 0 Å². The van der Waals surface area contributed by atoms with Crippen molar-refractivity contribution in [3.63, 3.8) is 0 Å². The second-order valence-electron chi connectivity index (χ2n) is 4.68. The van der Waals surface area contributed by atoms with Gasteiger partial charge in [-0.15, -0.1) is 0 Å². The van der Waals surface area contributed by atoms with Gasteiger partial charge >= 0.3 is 0 Å². The molecule has 2 fully saturated rings. The first-order valence-corrected chi connectivity index (χ1v) is 5.73. The van der Waals surface area contributed by atoms with E-state index in [9.17, 15) is 4.79 Å². The van der Waals surface area contributed by atoms with Gasteiger partial charge in [0.05, 0.1) is 0 Å². The van der Waals surface area contributed by atoms with Crippen molar-refractivity contribution >= 4 is 5.91 Å². The maximum Gasteiger partial charge on any atom is 0.223 e. The quantitative estimate of drug-likeness (QED) is 0.652. The summed E-state index contributed by atoms with van der Waals surface area (Å²) < 4.78 is 0. The first-order chi connectivity index (χ1) is 6.81. The molecule has 0 aliphatic heterocycles. The molecule has 2 rings (SSSR count). The first kappa shape index (κ1) is 9.97. The van der Waals surface area contributed by atoms with Crippen LogP contribution >= 0.6 is 0 Å². The third-order valence-electron chi connectivity index (χ3n) is 3.75. The van der Waals surface area contributed by atoms with Gasteiger partial charge in [0, 0.05) is 19.0 Å². The van der Waals surface area contributed by atoms with Crippen LogP contribution in [0.1, 0.15) is 25.7 Å². The molecule has 3 unspecified atom stereocenters. The molecule has 2 bridgehead atoms. The van der Waals surface area contributed by atoms with Crippen molar-refractivity contribution < 1.29 is 4.79 Å². The van der Waals surface area contributed by atoms with E-state index in [2.05, 4.69) is 10.6 Å². The minimum absolute atomic E-state index is 0.299. The smallest absolute Gasteiger partial charge is 0.223 e. The highest BCUT2D eigenvalue weighted by molar-refractivity contribution is 5.79. The van der Waals surface area contributed by atoms with Crippen LogP contribution in [-0.2, 0) is 4.79 Å². The van der Waals surface area contributed by atoms with Crippen molar-refractivity contribution in [2.75, 3.05) is 20.1 Å². The maximum atomic E-state index is 11.8. The fourth-order valence-electron chi connectivity index (χ4n) is 3.01. The Bertz CT molecular complexity index is 217. The number of hydrogen-bond donors (Lipinski definition) is 2. The van der Waals surface area contributed by atoms with Gasteiger partial charge in [0.25, 0.3) is 0 Å². The topological polar surface area (TPSA) is 41.1 Å². The van der Waals surface area contributed by atoms with E-state index in [0.29, 0.717) is 17.7 Å². The van der Waals surface area contributed by atoms with Crippen molar-refractivity contribution in [1.29, 1.82) is 0 Å². The molecule has 1 amide bonds. The molecule has 2 aliphatic carbocycles. The predicted molar refractivity (Wildman–Crippen MR) is 55.9 cm³/mol. The van der Waals surface area contributed by atoms with Crippen LogP contribution in [0, 0.1) is 17.8 Å². The Morgan fingerprint density at radius 1 is 1.29 bits per heavy atom. The van der Waals surface area contributed by atoms with Gasteiger partial charge in [0.2, 0.25) is 5.91 Å². The van der Waals surface area contributed by atoms with Crippen molar-refractivity contribution in [3.05, 3.63) is 0 Å². The standard InChI is InChI=1S/C11H20N2O/c1-12-4-5-13-11(14)10-7-8-2-3-9(10)6-8/h8-10,12H,2-7H2,1H3,(H,13,14). The second kappa shape index (κ2) is 4.30. The van der Waals surface area contributed by atoms with Gasteiger partial charge in [-0.05, 0) is 38.1 Å². The van der Waals surface area contributed by atoms with E-state index in [1.165, 1.54) is 19.3 Å². The summed E-state index contributed by atoms with van der Waals surface area (Å²) in [5.74, 6) is 2.20. The molecule has 2 aliphatic rings. The Kier molecular flexibility index (Phi) is 3.06. The molecule has 80 valence electrons. The average Bonchev–Trinajstić information content (AvgIpc) is 2.79. The van der Waals surface area contributed by atoms with Gasteiger partial charge < -0.3 is 10.6 Å². The lowest BCUT2D eigenvalue weighted by atomic mass is 9.88. The Morgan fingerprint density at radius 3 is 2.71 bits per heavy atom. The second-order valence-corrected chi connectivity index (χ2v) is 4.68. The number of hydrogen-bond acceptors (Lipinski definition) is 2. The molecule has 0 saturated heterocycles. The molecule has 3 nitrogen and oxygen atoms in total. The summed E-state index contributed by atoms with van der Waals surface area (Å²) in [4.78, 5) is 11.8. The Morgan fingerprint density at radius 2 is 2.14 bits per heavy atom. The van der Waals surface area contributed by atoms with Crippen LogP contribution in [0.5, 0.6) is 0 Å². The summed E-state index contributed by atoms with van der Waals surface area (Å²) in [5.41, 5.74) is 0. The lowest BCUT2D eigenvalue weighted by Gasteiger charge is -2.20. The summed E-state index contributed by atoms with van der Waals surface area (Å²) >= 11 is 0. The van der Waals surface area contributed by atoms with E-state index in [1.807, 2.05) is 7.05 Å². The van der Waals surface area contributed by atoms with Crippen LogP contribution in [0.4, 0.5) is 0 Å². The van der Waals surface area contributed by atoms with Gasteiger partial charge in [-0.3, -0.25) is 4.79 Å². The monoisotopic (exact) mass is 196 g/mol. The molecule has 14 heavy (non-hydrogen) atoms. The molecule has 3 atom stereocenters. The van der Waals surface area contributed by atoms with E-state index in [-0.39, 0.29) is 0 Å². The minimum Gasteiger partial charge on any atom is -0.355 e. The van der Waals surface area contributed by atoms with Crippen LogP contribution in [0.15, 0.2) is 0 Å². The van der Waals surface area contributed by atoms with Crippen LogP contribution in [0.2, 0.25) is 0 Å². The van der Waals surface area contributed by atoms with Crippen LogP contribution < -0.4 is 10.6 Å². The Labute approximate surface area is 85.6 Å². The highest BCUT2D eigenvalue weighted by Gasteiger charge is 2.42. The third kappa shape index (κ3) is 1.92. The number of rotatable bonds is 4. The molecule has 0 heterocycles. The predicted octanol–water partition coefficient (Wildman–Crippen LogP) is 0.758. The number of amides is 1. The largest absolute Gasteiger partial charge is 0.355 e. The zero-order valence-electron chi connectivity index (χ0n) is 8.88.